The number of nitrogens with two attached hydrogens (primary N) is 2. The minimum Gasteiger partial charge on any atom is -0.363 e. The van der Waals surface area contributed by atoms with Crippen LogP contribution in [0.2, 0.25) is 0 Å². The van der Waals surface area contributed by atoms with Gasteiger partial charge in [0.1, 0.15) is 0 Å². The van der Waals surface area contributed by atoms with Crippen LogP contribution in [0.1, 0.15) is 16.5 Å². The molecule has 0 saturated heterocycles. The second-order valence-electron chi connectivity index (χ2n) is 1.58. The maximum Gasteiger partial charge on any atom is 0.290 e. The summed E-state index contributed by atoms with van der Waals surface area (Å²) in [5.41, 5.74) is 9.93. The Labute approximate surface area is 56.2 Å². The van der Waals surface area contributed by atoms with Crippen molar-refractivity contribution in [2.24, 2.45) is 11.5 Å². The molecule has 1 rings (SSSR count). The fourth-order valence-electron chi connectivity index (χ4n) is 0.438. The molecule has 1 amide bonds. The number of hydrogen-bond acceptors (Lipinski definition) is 5. The van der Waals surface area contributed by atoms with E-state index in [4.69, 9.17) is 11.5 Å². The van der Waals surface area contributed by atoms with E-state index in [-0.39, 0.29) is 18.3 Å². The Kier molecular flexibility index (Phi) is 1.63. The second-order valence-corrected chi connectivity index (χ2v) is 1.58. The summed E-state index contributed by atoms with van der Waals surface area (Å²) in [4.78, 5) is 13.9. The molecule has 1 heterocycles. The molecule has 0 spiro atoms. The predicted octanol–water partition coefficient (Wildman–Crippen LogP) is -1.37. The molecular weight excluding hydrogens is 136 g/mol. The first-order valence-electron chi connectivity index (χ1n) is 2.56. The molecule has 4 N–H and O–H groups in total. The largest absolute Gasteiger partial charge is 0.363 e. The van der Waals surface area contributed by atoms with Crippen molar-refractivity contribution in [2.45, 2.75) is 6.54 Å². The van der Waals surface area contributed by atoms with Gasteiger partial charge in [0.05, 0.1) is 6.54 Å². The van der Waals surface area contributed by atoms with E-state index >= 15 is 0 Å². The summed E-state index contributed by atoms with van der Waals surface area (Å²) in [5, 5.41) is 3.25. The van der Waals surface area contributed by atoms with E-state index in [1.165, 1.54) is 0 Å². The van der Waals surface area contributed by atoms with Gasteiger partial charge in [-0.3, -0.25) is 4.79 Å². The third kappa shape index (κ3) is 1.11. The molecule has 0 radical (unpaired) electrons. The molecule has 0 aliphatic heterocycles. The minimum absolute atomic E-state index is 0.111. The number of rotatable bonds is 2. The molecule has 6 heteroatoms. The highest BCUT2D eigenvalue weighted by molar-refractivity contribution is 5.88. The zero-order valence-electron chi connectivity index (χ0n) is 5.07. The van der Waals surface area contributed by atoms with Crippen LogP contribution in [0.25, 0.3) is 0 Å². The Bertz CT molecular complexity index is 243. The Hall–Kier alpha value is -1.43. The monoisotopic (exact) mass is 142 g/mol. The van der Waals surface area contributed by atoms with E-state index in [1.807, 2.05) is 0 Å². The molecule has 0 fully saturated rings. The highest BCUT2D eigenvalue weighted by atomic mass is 16.5. The van der Waals surface area contributed by atoms with Crippen molar-refractivity contribution in [1.29, 1.82) is 0 Å². The predicted molar refractivity (Wildman–Crippen MR) is 30.7 cm³/mol. The van der Waals surface area contributed by atoms with Crippen LogP contribution in [0, 0.1) is 0 Å². The molecule has 0 aliphatic rings. The third-order valence-electron chi connectivity index (χ3n) is 0.863. The van der Waals surface area contributed by atoms with E-state index in [1.54, 1.807) is 0 Å². The lowest BCUT2D eigenvalue weighted by Gasteiger charge is -1.78. The maximum absolute atomic E-state index is 10.3. The third-order valence-corrected chi connectivity index (χ3v) is 0.863. The fraction of sp³-hybridized carbons (Fsp3) is 0.250. The Morgan fingerprint density at radius 3 is 2.70 bits per heavy atom. The highest BCUT2D eigenvalue weighted by Crippen LogP contribution is 1.93. The lowest BCUT2D eigenvalue weighted by molar-refractivity contribution is 0.0987. The van der Waals surface area contributed by atoms with Gasteiger partial charge in [0, 0.05) is 0 Å². The molecule has 0 unspecified atom stereocenters. The van der Waals surface area contributed by atoms with Crippen LogP contribution in [0.3, 0.4) is 0 Å². The molecule has 0 saturated carbocycles. The van der Waals surface area contributed by atoms with Gasteiger partial charge in [0.15, 0.2) is 0 Å². The Balaban J connectivity index is 2.88. The first-order chi connectivity index (χ1) is 4.74. The van der Waals surface area contributed by atoms with Crippen molar-refractivity contribution in [3.63, 3.8) is 0 Å². The molecular formula is C4H6N4O2. The van der Waals surface area contributed by atoms with E-state index in [2.05, 4.69) is 14.7 Å². The van der Waals surface area contributed by atoms with Crippen molar-refractivity contribution < 1.29 is 9.32 Å². The first-order valence-corrected chi connectivity index (χ1v) is 2.56. The van der Waals surface area contributed by atoms with Crippen LogP contribution < -0.4 is 11.5 Å². The number of carbonyl (C=O) groups is 1. The van der Waals surface area contributed by atoms with Gasteiger partial charge < -0.3 is 16.0 Å². The van der Waals surface area contributed by atoms with Gasteiger partial charge in [-0.1, -0.05) is 5.16 Å². The molecule has 0 aliphatic carbocycles. The van der Waals surface area contributed by atoms with E-state index in [9.17, 15) is 4.79 Å². The van der Waals surface area contributed by atoms with Gasteiger partial charge in [-0.05, 0) is 0 Å². The summed E-state index contributed by atoms with van der Waals surface area (Å²) in [6, 6.07) is 0. The molecule has 0 atom stereocenters. The first kappa shape index (κ1) is 6.69. The van der Waals surface area contributed by atoms with Gasteiger partial charge >= 0.3 is 0 Å². The number of carbonyl (C=O) groups excluding carboxylic acids is 1. The molecule has 1 aromatic rings. The number of primary amides is 1. The molecule has 6 nitrogen and oxygen atoms in total. The van der Waals surface area contributed by atoms with Crippen molar-refractivity contribution in [3.8, 4) is 0 Å². The SMILES string of the molecule is NCc1nc(C(N)=O)no1. The van der Waals surface area contributed by atoms with Gasteiger partial charge in [-0.25, -0.2) is 0 Å². The average molecular weight is 142 g/mol. The summed E-state index contributed by atoms with van der Waals surface area (Å²) < 4.78 is 4.49. The van der Waals surface area contributed by atoms with Gasteiger partial charge in [0.25, 0.3) is 11.7 Å². The van der Waals surface area contributed by atoms with Gasteiger partial charge in [-0.15, -0.1) is 0 Å². The quantitative estimate of drug-likeness (QED) is 0.529. The molecule has 0 aromatic carbocycles. The molecule has 1 aromatic heterocycles. The molecule has 0 bridgehead atoms. The van der Waals surface area contributed by atoms with Crippen molar-refractivity contribution in [3.05, 3.63) is 11.7 Å². The number of nitrogens with zero attached hydrogens (tertiary/aromatic N) is 2. The fourth-order valence-corrected chi connectivity index (χ4v) is 0.438. The second kappa shape index (κ2) is 2.44. The van der Waals surface area contributed by atoms with Gasteiger partial charge in [-0.2, -0.15) is 4.98 Å². The molecule has 54 valence electrons. The Morgan fingerprint density at radius 2 is 2.40 bits per heavy atom. The highest BCUT2D eigenvalue weighted by Gasteiger charge is 2.08. The number of amides is 1. The van der Waals surface area contributed by atoms with Crippen molar-refractivity contribution in [1.82, 2.24) is 10.1 Å². The summed E-state index contributed by atoms with van der Waals surface area (Å²) in [5.74, 6) is -0.655. The summed E-state index contributed by atoms with van der Waals surface area (Å²) in [6.07, 6.45) is 0. The summed E-state index contributed by atoms with van der Waals surface area (Å²) in [7, 11) is 0. The van der Waals surface area contributed by atoms with E-state index in [0.29, 0.717) is 0 Å². The number of aromatic nitrogens is 2. The van der Waals surface area contributed by atoms with Crippen molar-refractivity contribution >= 4 is 5.91 Å². The standard InChI is InChI=1S/C4H6N4O2/c5-1-2-7-4(3(6)9)8-10-2/h1,5H2,(H2,6,9). The van der Waals surface area contributed by atoms with Crippen LogP contribution in [-0.2, 0) is 6.54 Å². The number of hydrogen-bond donors (Lipinski definition) is 2. The van der Waals surface area contributed by atoms with Crippen LogP contribution in [0.4, 0.5) is 0 Å². The van der Waals surface area contributed by atoms with Crippen molar-refractivity contribution in [2.75, 3.05) is 0 Å². The zero-order valence-corrected chi connectivity index (χ0v) is 5.07. The lowest BCUT2D eigenvalue weighted by atomic mass is 10.6. The van der Waals surface area contributed by atoms with Crippen LogP contribution >= 0.6 is 0 Å². The van der Waals surface area contributed by atoms with E-state index < -0.39 is 5.91 Å². The average Bonchev–Trinajstić information content (AvgIpc) is 2.34. The van der Waals surface area contributed by atoms with E-state index in [0.717, 1.165) is 0 Å². The normalized spacial score (nSPS) is 9.70. The molecule has 10 heavy (non-hydrogen) atoms. The maximum atomic E-state index is 10.3. The van der Waals surface area contributed by atoms with Crippen LogP contribution in [0.5, 0.6) is 0 Å². The summed E-state index contributed by atoms with van der Waals surface area (Å²) in [6.45, 7) is 0.111. The lowest BCUT2D eigenvalue weighted by Crippen LogP contribution is -2.13. The van der Waals surface area contributed by atoms with Gasteiger partial charge in [0.2, 0.25) is 5.89 Å². The smallest absolute Gasteiger partial charge is 0.290 e. The van der Waals surface area contributed by atoms with Crippen LogP contribution in [-0.4, -0.2) is 16.0 Å². The Morgan fingerprint density at radius 1 is 1.70 bits per heavy atom. The zero-order chi connectivity index (χ0) is 7.56. The topological polar surface area (TPSA) is 108 Å². The summed E-state index contributed by atoms with van der Waals surface area (Å²) >= 11 is 0. The minimum atomic E-state index is -0.719. The van der Waals surface area contributed by atoms with Crippen LogP contribution in [0.15, 0.2) is 4.52 Å².